The van der Waals surface area contributed by atoms with Crippen LogP contribution in [0.2, 0.25) is 0 Å². The highest BCUT2D eigenvalue weighted by atomic mass is 19.2. The van der Waals surface area contributed by atoms with Crippen LogP contribution in [0.25, 0.3) is 11.0 Å². The normalized spacial score (nSPS) is 11.2. The van der Waals surface area contributed by atoms with Crippen molar-refractivity contribution in [2.75, 3.05) is 5.32 Å². The molecule has 0 saturated heterocycles. The number of rotatable bonds is 4. The quantitative estimate of drug-likeness (QED) is 0.718. The zero-order valence-corrected chi connectivity index (χ0v) is 15.5. The molecule has 2 heterocycles. The maximum Gasteiger partial charge on any atom is 0.329 e. The molecule has 7 nitrogen and oxygen atoms in total. The van der Waals surface area contributed by atoms with Gasteiger partial charge in [-0.25, -0.2) is 18.6 Å². The van der Waals surface area contributed by atoms with Crippen LogP contribution in [-0.2, 0) is 6.54 Å². The molecule has 0 bridgehead atoms. The summed E-state index contributed by atoms with van der Waals surface area (Å²) >= 11 is 0. The van der Waals surface area contributed by atoms with E-state index in [9.17, 15) is 23.2 Å². The largest absolute Gasteiger partial charge is 0.329 e. The average Bonchev–Trinajstić information content (AvgIpc) is 2.63. The van der Waals surface area contributed by atoms with Crippen LogP contribution in [0.5, 0.6) is 0 Å². The number of aryl methyl sites for hydroxylation is 1. The van der Waals surface area contributed by atoms with Crippen molar-refractivity contribution in [2.45, 2.75) is 33.2 Å². The van der Waals surface area contributed by atoms with Crippen LogP contribution in [0.4, 0.5) is 14.5 Å². The van der Waals surface area contributed by atoms with Crippen LogP contribution in [0, 0.1) is 11.6 Å². The van der Waals surface area contributed by atoms with Crippen molar-refractivity contribution in [1.29, 1.82) is 0 Å². The first-order valence-corrected chi connectivity index (χ1v) is 8.67. The van der Waals surface area contributed by atoms with Gasteiger partial charge in [0.1, 0.15) is 0 Å². The first-order valence-electron chi connectivity index (χ1n) is 8.67. The van der Waals surface area contributed by atoms with E-state index in [0.717, 1.165) is 12.1 Å². The molecule has 146 valence electrons. The molecule has 3 aromatic rings. The standard InChI is InChI=1S/C19H18F2N4O3/c1-4-25-16-15(18(27)24-19(25)28)11(8-14(23-16)9(2)3)17(26)22-10-5-6-12(20)13(21)7-10/h5-9H,4H2,1-3H3,(H,22,26)(H,24,27,28). The number of halogens is 2. The van der Waals surface area contributed by atoms with Crippen molar-refractivity contribution in [1.82, 2.24) is 14.5 Å². The third-order valence-corrected chi connectivity index (χ3v) is 4.30. The van der Waals surface area contributed by atoms with Gasteiger partial charge in [0, 0.05) is 24.0 Å². The summed E-state index contributed by atoms with van der Waals surface area (Å²) in [5, 5.41) is 2.40. The fourth-order valence-electron chi connectivity index (χ4n) is 2.83. The van der Waals surface area contributed by atoms with Gasteiger partial charge in [0.05, 0.1) is 10.9 Å². The third-order valence-electron chi connectivity index (χ3n) is 4.30. The Kier molecular flexibility index (Phi) is 5.08. The molecule has 1 aromatic carbocycles. The number of benzene rings is 1. The number of carbonyl (C=O) groups is 1. The lowest BCUT2D eigenvalue weighted by Gasteiger charge is -2.14. The summed E-state index contributed by atoms with van der Waals surface area (Å²) in [6.07, 6.45) is 0. The Morgan fingerprint density at radius 2 is 1.93 bits per heavy atom. The molecule has 0 saturated carbocycles. The van der Waals surface area contributed by atoms with Gasteiger partial charge in [-0.3, -0.25) is 19.1 Å². The van der Waals surface area contributed by atoms with Crippen molar-refractivity contribution in [3.63, 3.8) is 0 Å². The van der Waals surface area contributed by atoms with E-state index >= 15 is 0 Å². The minimum absolute atomic E-state index is 0.0121. The Labute approximate surface area is 158 Å². The first-order chi connectivity index (χ1) is 13.2. The highest BCUT2D eigenvalue weighted by Crippen LogP contribution is 2.21. The lowest BCUT2D eigenvalue weighted by Crippen LogP contribution is -2.32. The Morgan fingerprint density at radius 1 is 1.21 bits per heavy atom. The van der Waals surface area contributed by atoms with Gasteiger partial charge >= 0.3 is 5.69 Å². The zero-order chi connectivity index (χ0) is 20.6. The topological polar surface area (TPSA) is 96.9 Å². The van der Waals surface area contributed by atoms with Crippen LogP contribution in [0.1, 0.15) is 42.7 Å². The van der Waals surface area contributed by atoms with Gasteiger partial charge in [-0.05, 0) is 31.0 Å². The zero-order valence-electron chi connectivity index (χ0n) is 15.5. The molecule has 9 heteroatoms. The molecule has 0 aliphatic rings. The Hall–Kier alpha value is -3.36. The van der Waals surface area contributed by atoms with Gasteiger partial charge in [0.15, 0.2) is 17.3 Å². The van der Waals surface area contributed by atoms with Crippen molar-refractivity contribution >= 4 is 22.6 Å². The molecule has 0 aliphatic carbocycles. The fourth-order valence-corrected chi connectivity index (χ4v) is 2.83. The number of pyridine rings is 1. The number of H-pyrrole nitrogens is 1. The highest BCUT2D eigenvalue weighted by Gasteiger charge is 2.20. The number of hydrogen-bond acceptors (Lipinski definition) is 4. The maximum absolute atomic E-state index is 13.4. The molecule has 1 amide bonds. The summed E-state index contributed by atoms with van der Waals surface area (Å²) in [7, 11) is 0. The minimum Gasteiger partial charge on any atom is -0.322 e. The van der Waals surface area contributed by atoms with Crippen molar-refractivity contribution < 1.29 is 13.6 Å². The summed E-state index contributed by atoms with van der Waals surface area (Å²) < 4.78 is 27.8. The summed E-state index contributed by atoms with van der Waals surface area (Å²) in [6.45, 7) is 5.66. The Morgan fingerprint density at radius 3 is 2.54 bits per heavy atom. The maximum atomic E-state index is 13.4. The molecular formula is C19H18F2N4O3. The van der Waals surface area contributed by atoms with Crippen molar-refractivity contribution in [3.05, 3.63) is 68.0 Å². The van der Waals surface area contributed by atoms with Crippen LogP contribution in [-0.4, -0.2) is 20.4 Å². The minimum atomic E-state index is -1.11. The lowest BCUT2D eigenvalue weighted by atomic mass is 10.0. The molecule has 0 unspecified atom stereocenters. The van der Waals surface area contributed by atoms with E-state index < -0.39 is 28.8 Å². The number of nitrogens with zero attached hydrogens (tertiary/aromatic N) is 2. The van der Waals surface area contributed by atoms with Gasteiger partial charge < -0.3 is 5.32 Å². The van der Waals surface area contributed by atoms with Crippen molar-refractivity contribution in [2.24, 2.45) is 0 Å². The van der Waals surface area contributed by atoms with Gasteiger partial charge in [-0.15, -0.1) is 0 Å². The van der Waals surface area contributed by atoms with Gasteiger partial charge in [-0.1, -0.05) is 13.8 Å². The van der Waals surface area contributed by atoms with Crippen LogP contribution in [0.3, 0.4) is 0 Å². The Balaban J connectivity index is 2.23. The lowest BCUT2D eigenvalue weighted by molar-refractivity contribution is 0.102. The van der Waals surface area contributed by atoms with Crippen molar-refractivity contribution in [3.8, 4) is 0 Å². The van der Waals surface area contributed by atoms with Gasteiger partial charge in [0.2, 0.25) is 0 Å². The van der Waals surface area contributed by atoms with Crippen LogP contribution < -0.4 is 16.6 Å². The van der Waals surface area contributed by atoms with E-state index in [1.165, 1.54) is 16.7 Å². The number of aromatic nitrogens is 3. The number of carbonyl (C=O) groups excluding carboxylic acids is 1. The SMILES string of the molecule is CCn1c(=O)[nH]c(=O)c2c(C(=O)Nc3ccc(F)c(F)c3)cc(C(C)C)nc21. The fraction of sp³-hybridized carbons (Fsp3) is 0.263. The smallest absolute Gasteiger partial charge is 0.322 e. The average molecular weight is 388 g/mol. The van der Waals surface area contributed by atoms with Gasteiger partial charge in [0.25, 0.3) is 11.5 Å². The predicted octanol–water partition coefficient (Wildman–Crippen LogP) is 2.76. The second-order valence-corrected chi connectivity index (χ2v) is 6.53. The molecule has 0 fully saturated rings. The second-order valence-electron chi connectivity index (χ2n) is 6.53. The van der Waals surface area contributed by atoms with E-state index in [4.69, 9.17) is 0 Å². The molecule has 0 atom stereocenters. The van der Waals surface area contributed by atoms with E-state index in [0.29, 0.717) is 5.69 Å². The van der Waals surface area contributed by atoms with Crippen LogP contribution in [0.15, 0.2) is 33.9 Å². The van der Waals surface area contributed by atoms with E-state index in [-0.39, 0.29) is 34.7 Å². The molecule has 0 aliphatic heterocycles. The number of aromatic amines is 1. The summed E-state index contributed by atoms with van der Waals surface area (Å²) in [4.78, 5) is 43.9. The van der Waals surface area contributed by atoms with Crippen LogP contribution >= 0.6 is 0 Å². The number of fused-ring (bicyclic) bond motifs is 1. The summed E-state index contributed by atoms with van der Waals surface area (Å²) in [5.74, 6) is -2.94. The molecule has 0 radical (unpaired) electrons. The van der Waals surface area contributed by atoms with E-state index in [2.05, 4.69) is 15.3 Å². The molecule has 2 N–H and O–H groups in total. The highest BCUT2D eigenvalue weighted by molar-refractivity contribution is 6.11. The molecule has 0 spiro atoms. The third kappa shape index (κ3) is 3.42. The monoisotopic (exact) mass is 388 g/mol. The Bertz CT molecular complexity index is 1200. The summed E-state index contributed by atoms with van der Waals surface area (Å²) in [6, 6.07) is 4.39. The number of amides is 1. The molecule has 2 aromatic heterocycles. The molecular weight excluding hydrogens is 370 g/mol. The first kappa shape index (κ1) is 19.4. The molecule has 28 heavy (non-hydrogen) atoms. The number of hydrogen-bond donors (Lipinski definition) is 2. The van der Waals surface area contributed by atoms with E-state index in [1.807, 2.05) is 13.8 Å². The summed E-state index contributed by atoms with van der Waals surface area (Å²) in [5.41, 5.74) is -0.751. The second kappa shape index (κ2) is 7.34. The number of nitrogens with one attached hydrogen (secondary N) is 2. The van der Waals surface area contributed by atoms with E-state index in [1.54, 1.807) is 6.92 Å². The van der Waals surface area contributed by atoms with Gasteiger partial charge in [-0.2, -0.15) is 0 Å². The predicted molar refractivity (Wildman–Crippen MR) is 101 cm³/mol. The molecule has 3 rings (SSSR count). The number of anilines is 1.